The van der Waals surface area contributed by atoms with Crippen molar-refractivity contribution in [3.63, 3.8) is 0 Å². The summed E-state index contributed by atoms with van der Waals surface area (Å²) in [5.41, 5.74) is 8.06. The fourth-order valence-electron chi connectivity index (χ4n) is 2.04. The fraction of sp³-hybridized carbons (Fsp3) is 0. The minimum Gasteiger partial charge on any atom is -0.382 e. The smallest absolute Gasteiger partial charge is 0.215 e. The molecule has 0 aliphatic heterocycles. The van der Waals surface area contributed by atoms with E-state index in [1.54, 1.807) is 30.5 Å². The van der Waals surface area contributed by atoms with Gasteiger partial charge in [-0.3, -0.25) is 4.79 Å². The standard InChI is InChI=1S/C17H13N3O/c18-17-15(16(21)13-9-5-2-6-10-13)20-14(11-19-17)12-7-3-1-4-8-12/h1-11H,(H2,18,19). The predicted molar refractivity (Wildman–Crippen MR) is 81.8 cm³/mol. The second-order valence-electron chi connectivity index (χ2n) is 4.55. The lowest BCUT2D eigenvalue weighted by Crippen LogP contribution is -2.10. The van der Waals surface area contributed by atoms with Gasteiger partial charge < -0.3 is 5.73 Å². The Bertz CT molecular complexity index is 771. The van der Waals surface area contributed by atoms with Crippen LogP contribution in [0.5, 0.6) is 0 Å². The van der Waals surface area contributed by atoms with E-state index in [0.29, 0.717) is 11.3 Å². The largest absolute Gasteiger partial charge is 0.382 e. The molecule has 0 aliphatic rings. The SMILES string of the molecule is Nc1ncc(-c2ccccc2)nc1C(=O)c1ccccc1. The summed E-state index contributed by atoms with van der Waals surface area (Å²) in [5, 5.41) is 0. The molecule has 1 heterocycles. The van der Waals surface area contributed by atoms with Crippen LogP contribution >= 0.6 is 0 Å². The molecule has 0 bridgehead atoms. The first-order chi connectivity index (χ1) is 10.3. The first-order valence-electron chi connectivity index (χ1n) is 6.53. The number of aromatic nitrogens is 2. The van der Waals surface area contributed by atoms with Crippen LogP contribution in [-0.4, -0.2) is 15.8 Å². The second kappa shape index (κ2) is 5.54. The number of anilines is 1. The molecule has 0 saturated heterocycles. The molecule has 0 atom stereocenters. The quantitative estimate of drug-likeness (QED) is 0.746. The second-order valence-corrected chi connectivity index (χ2v) is 4.55. The number of nitrogens with two attached hydrogens (primary N) is 1. The minimum absolute atomic E-state index is 0.142. The third kappa shape index (κ3) is 2.65. The molecular formula is C17H13N3O. The van der Waals surface area contributed by atoms with Gasteiger partial charge in [-0.1, -0.05) is 60.7 Å². The highest BCUT2D eigenvalue weighted by Gasteiger charge is 2.16. The van der Waals surface area contributed by atoms with Crippen molar-refractivity contribution in [2.45, 2.75) is 0 Å². The summed E-state index contributed by atoms with van der Waals surface area (Å²) >= 11 is 0. The van der Waals surface area contributed by atoms with E-state index in [4.69, 9.17) is 5.73 Å². The van der Waals surface area contributed by atoms with Crippen LogP contribution in [0.2, 0.25) is 0 Å². The van der Waals surface area contributed by atoms with Gasteiger partial charge in [-0.05, 0) is 0 Å². The number of nitrogen functional groups attached to an aromatic ring is 1. The molecule has 0 amide bonds. The molecule has 0 fully saturated rings. The van der Waals surface area contributed by atoms with E-state index in [1.807, 2.05) is 36.4 Å². The zero-order chi connectivity index (χ0) is 14.7. The van der Waals surface area contributed by atoms with Crippen LogP contribution in [0, 0.1) is 0 Å². The Balaban J connectivity index is 2.05. The Morgan fingerprint density at radius 1 is 0.905 bits per heavy atom. The zero-order valence-corrected chi connectivity index (χ0v) is 11.2. The number of ketones is 1. The summed E-state index contributed by atoms with van der Waals surface area (Å²) < 4.78 is 0. The Kier molecular flexibility index (Phi) is 3.43. The summed E-state index contributed by atoms with van der Waals surface area (Å²) in [5.74, 6) is -0.0816. The molecule has 0 aliphatic carbocycles. The highest BCUT2D eigenvalue weighted by atomic mass is 16.1. The van der Waals surface area contributed by atoms with Crippen molar-refractivity contribution in [3.05, 3.63) is 78.1 Å². The number of rotatable bonds is 3. The van der Waals surface area contributed by atoms with Crippen LogP contribution in [0.25, 0.3) is 11.3 Å². The minimum atomic E-state index is -0.224. The van der Waals surface area contributed by atoms with Crippen molar-refractivity contribution in [1.82, 2.24) is 9.97 Å². The van der Waals surface area contributed by atoms with E-state index in [9.17, 15) is 4.79 Å². The van der Waals surface area contributed by atoms with Crippen molar-refractivity contribution < 1.29 is 4.79 Å². The maximum absolute atomic E-state index is 12.5. The number of carbonyl (C=O) groups is 1. The Labute approximate surface area is 122 Å². The van der Waals surface area contributed by atoms with E-state index in [0.717, 1.165) is 5.56 Å². The van der Waals surface area contributed by atoms with Crippen LogP contribution < -0.4 is 5.73 Å². The van der Waals surface area contributed by atoms with Gasteiger partial charge in [-0.15, -0.1) is 0 Å². The van der Waals surface area contributed by atoms with Gasteiger partial charge in [0.1, 0.15) is 0 Å². The number of hydrogen-bond acceptors (Lipinski definition) is 4. The summed E-state index contributed by atoms with van der Waals surface area (Å²) in [6.07, 6.45) is 1.58. The molecule has 21 heavy (non-hydrogen) atoms. The average molecular weight is 275 g/mol. The lowest BCUT2D eigenvalue weighted by Gasteiger charge is -2.06. The molecule has 4 heteroatoms. The number of hydrogen-bond donors (Lipinski definition) is 1. The molecule has 0 unspecified atom stereocenters. The van der Waals surface area contributed by atoms with Gasteiger partial charge in [0.25, 0.3) is 0 Å². The molecule has 2 N–H and O–H groups in total. The maximum Gasteiger partial charge on any atom is 0.215 e. The van der Waals surface area contributed by atoms with E-state index >= 15 is 0 Å². The number of benzene rings is 2. The number of carbonyl (C=O) groups excluding carboxylic acids is 1. The lowest BCUT2D eigenvalue weighted by molar-refractivity contribution is 0.103. The van der Waals surface area contributed by atoms with E-state index in [-0.39, 0.29) is 17.3 Å². The molecule has 3 rings (SSSR count). The lowest BCUT2D eigenvalue weighted by atomic mass is 10.1. The number of nitrogens with zero attached hydrogens (tertiary/aromatic N) is 2. The third-order valence-corrected chi connectivity index (χ3v) is 3.12. The Morgan fingerprint density at radius 3 is 2.19 bits per heavy atom. The molecule has 3 aromatic rings. The first-order valence-corrected chi connectivity index (χ1v) is 6.53. The van der Waals surface area contributed by atoms with Crippen LogP contribution in [0.15, 0.2) is 66.9 Å². The molecule has 2 aromatic carbocycles. The highest BCUT2D eigenvalue weighted by Crippen LogP contribution is 2.19. The Hall–Kier alpha value is -3.01. The van der Waals surface area contributed by atoms with Gasteiger partial charge in [-0.2, -0.15) is 0 Å². The predicted octanol–water partition coefficient (Wildman–Crippen LogP) is 2.96. The van der Waals surface area contributed by atoms with Gasteiger partial charge in [0, 0.05) is 11.1 Å². The summed E-state index contributed by atoms with van der Waals surface area (Å²) in [6, 6.07) is 18.5. The molecule has 1 aromatic heterocycles. The molecule has 0 saturated carbocycles. The van der Waals surface area contributed by atoms with Crippen LogP contribution in [0.4, 0.5) is 5.82 Å². The first kappa shape index (κ1) is 13.0. The average Bonchev–Trinajstić information content (AvgIpc) is 2.56. The molecule has 0 spiro atoms. The van der Waals surface area contributed by atoms with E-state index < -0.39 is 0 Å². The van der Waals surface area contributed by atoms with Gasteiger partial charge in [-0.25, -0.2) is 9.97 Å². The van der Waals surface area contributed by atoms with Crippen LogP contribution in [0.3, 0.4) is 0 Å². The van der Waals surface area contributed by atoms with E-state index in [2.05, 4.69) is 9.97 Å². The Morgan fingerprint density at radius 2 is 1.52 bits per heavy atom. The fourth-order valence-corrected chi connectivity index (χ4v) is 2.04. The van der Waals surface area contributed by atoms with Crippen molar-refractivity contribution in [3.8, 4) is 11.3 Å². The third-order valence-electron chi connectivity index (χ3n) is 3.12. The molecule has 4 nitrogen and oxygen atoms in total. The topological polar surface area (TPSA) is 68.9 Å². The van der Waals surface area contributed by atoms with Crippen LogP contribution in [0.1, 0.15) is 16.1 Å². The molecule has 0 radical (unpaired) electrons. The maximum atomic E-state index is 12.5. The summed E-state index contributed by atoms with van der Waals surface area (Å²) in [6.45, 7) is 0. The van der Waals surface area contributed by atoms with Gasteiger partial charge in [0.05, 0.1) is 11.9 Å². The van der Waals surface area contributed by atoms with Crippen molar-refractivity contribution in [1.29, 1.82) is 0 Å². The molecular weight excluding hydrogens is 262 g/mol. The van der Waals surface area contributed by atoms with Gasteiger partial charge >= 0.3 is 0 Å². The highest BCUT2D eigenvalue weighted by molar-refractivity contribution is 6.10. The zero-order valence-electron chi connectivity index (χ0n) is 11.2. The van der Waals surface area contributed by atoms with Crippen molar-refractivity contribution in [2.24, 2.45) is 0 Å². The van der Waals surface area contributed by atoms with Gasteiger partial charge in [0.2, 0.25) is 5.78 Å². The van der Waals surface area contributed by atoms with Crippen molar-refractivity contribution in [2.75, 3.05) is 5.73 Å². The normalized spacial score (nSPS) is 10.3. The van der Waals surface area contributed by atoms with Crippen molar-refractivity contribution >= 4 is 11.6 Å². The summed E-state index contributed by atoms with van der Waals surface area (Å²) in [7, 11) is 0. The van der Waals surface area contributed by atoms with Gasteiger partial charge in [0.15, 0.2) is 11.5 Å². The summed E-state index contributed by atoms with van der Waals surface area (Å²) in [4.78, 5) is 20.9. The van der Waals surface area contributed by atoms with Crippen LogP contribution in [-0.2, 0) is 0 Å². The molecule has 102 valence electrons. The monoisotopic (exact) mass is 275 g/mol. The van der Waals surface area contributed by atoms with E-state index in [1.165, 1.54) is 0 Å².